The van der Waals surface area contributed by atoms with Gasteiger partial charge in [0.25, 0.3) is 0 Å². The van der Waals surface area contributed by atoms with E-state index in [2.05, 4.69) is 6.58 Å². The quantitative estimate of drug-likeness (QED) is 0.497. The third kappa shape index (κ3) is 3.61. The van der Waals surface area contributed by atoms with E-state index < -0.39 is 12.1 Å². The first-order chi connectivity index (χ1) is 8.10. The van der Waals surface area contributed by atoms with Crippen molar-refractivity contribution < 1.29 is 14.6 Å². The lowest BCUT2D eigenvalue weighted by Gasteiger charge is -2.13. The molecule has 0 aliphatic heterocycles. The van der Waals surface area contributed by atoms with Crippen LogP contribution in [0.1, 0.15) is 18.6 Å². The number of thioether (sulfide) groups is 1. The van der Waals surface area contributed by atoms with Crippen molar-refractivity contribution >= 4 is 17.7 Å². The van der Waals surface area contributed by atoms with Gasteiger partial charge in [-0.3, -0.25) is 0 Å². The van der Waals surface area contributed by atoms with Crippen molar-refractivity contribution in [1.29, 1.82) is 0 Å². The van der Waals surface area contributed by atoms with Crippen LogP contribution in [0.15, 0.2) is 41.3 Å². The molecule has 17 heavy (non-hydrogen) atoms. The highest BCUT2D eigenvalue weighted by Gasteiger charge is 2.19. The first-order valence-electron chi connectivity index (χ1n) is 5.28. The average Bonchev–Trinajstić information content (AvgIpc) is 2.37. The minimum Gasteiger partial charge on any atom is -0.463 e. The van der Waals surface area contributed by atoms with Crippen LogP contribution in [0, 0.1) is 0 Å². The van der Waals surface area contributed by atoms with Crippen molar-refractivity contribution in [2.24, 2.45) is 0 Å². The summed E-state index contributed by atoms with van der Waals surface area (Å²) in [6.07, 6.45) is 0.966. The number of carbonyl (C=O) groups is 1. The Morgan fingerprint density at radius 3 is 2.53 bits per heavy atom. The fourth-order valence-corrected chi connectivity index (χ4v) is 1.73. The molecule has 1 unspecified atom stereocenters. The summed E-state index contributed by atoms with van der Waals surface area (Å²) in [5, 5.41) is 9.94. The number of rotatable bonds is 5. The van der Waals surface area contributed by atoms with Gasteiger partial charge >= 0.3 is 5.97 Å². The largest absolute Gasteiger partial charge is 0.463 e. The summed E-state index contributed by atoms with van der Waals surface area (Å²) in [6.45, 7) is 5.55. The lowest BCUT2D eigenvalue weighted by atomic mass is 10.0. The minimum absolute atomic E-state index is 0.0590. The molecule has 1 aromatic carbocycles. The number of benzene rings is 1. The van der Waals surface area contributed by atoms with E-state index in [0.29, 0.717) is 5.56 Å². The third-order valence-electron chi connectivity index (χ3n) is 2.30. The first kappa shape index (κ1) is 13.8. The molecular formula is C13H16O3S. The molecule has 1 rings (SSSR count). The van der Waals surface area contributed by atoms with Gasteiger partial charge in [-0.25, -0.2) is 4.79 Å². The van der Waals surface area contributed by atoms with Gasteiger partial charge in [-0.15, -0.1) is 11.8 Å². The predicted molar refractivity (Wildman–Crippen MR) is 69.0 cm³/mol. The molecule has 0 radical (unpaired) electrons. The van der Waals surface area contributed by atoms with E-state index in [9.17, 15) is 9.90 Å². The Morgan fingerprint density at radius 2 is 2.06 bits per heavy atom. The van der Waals surface area contributed by atoms with E-state index in [4.69, 9.17) is 4.74 Å². The number of hydrogen-bond donors (Lipinski definition) is 1. The smallest absolute Gasteiger partial charge is 0.336 e. The molecule has 0 aliphatic carbocycles. The van der Waals surface area contributed by atoms with Gasteiger partial charge in [-0.05, 0) is 30.9 Å². The minimum atomic E-state index is -1.01. The van der Waals surface area contributed by atoms with Gasteiger partial charge in [0.15, 0.2) is 0 Å². The van der Waals surface area contributed by atoms with Crippen molar-refractivity contribution in [2.45, 2.75) is 17.9 Å². The molecule has 0 amide bonds. The van der Waals surface area contributed by atoms with Crippen molar-refractivity contribution in [3.63, 3.8) is 0 Å². The maximum atomic E-state index is 11.4. The lowest BCUT2D eigenvalue weighted by molar-refractivity contribution is -0.139. The molecule has 0 fully saturated rings. The van der Waals surface area contributed by atoms with Crippen LogP contribution < -0.4 is 0 Å². The van der Waals surface area contributed by atoms with Crippen LogP contribution in [0.4, 0.5) is 0 Å². The molecular weight excluding hydrogens is 236 g/mol. The van der Waals surface area contributed by atoms with Crippen molar-refractivity contribution in [2.75, 3.05) is 12.9 Å². The zero-order valence-electron chi connectivity index (χ0n) is 9.97. The Bertz CT molecular complexity index is 398. The Hall–Kier alpha value is -1.26. The first-order valence-corrected chi connectivity index (χ1v) is 6.50. The molecule has 0 heterocycles. The number of ether oxygens (including phenoxy) is 1. The van der Waals surface area contributed by atoms with Crippen LogP contribution in [0.2, 0.25) is 0 Å². The fraction of sp³-hybridized carbons (Fsp3) is 0.308. The van der Waals surface area contributed by atoms with Crippen LogP contribution >= 0.6 is 11.8 Å². The highest BCUT2D eigenvalue weighted by Crippen LogP contribution is 2.23. The second-order valence-corrected chi connectivity index (χ2v) is 4.30. The molecule has 1 atom stereocenters. The summed E-state index contributed by atoms with van der Waals surface area (Å²) in [5.74, 6) is -0.561. The van der Waals surface area contributed by atoms with Crippen LogP contribution in [0.5, 0.6) is 0 Å². The summed E-state index contributed by atoms with van der Waals surface area (Å²) in [7, 11) is 0. The predicted octanol–water partition coefficient (Wildman–Crippen LogP) is 2.56. The average molecular weight is 252 g/mol. The Labute approximate surface area is 105 Å². The summed E-state index contributed by atoms with van der Waals surface area (Å²) in [6, 6.07) is 7.34. The van der Waals surface area contributed by atoms with Gasteiger partial charge in [-0.2, -0.15) is 0 Å². The number of aliphatic hydroxyl groups excluding tert-OH is 1. The number of hydrogen-bond acceptors (Lipinski definition) is 4. The maximum Gasteiger partial charge on any atom is 0.336 e. The molecule has 0 spiro atoms. The van der Waals surface area contributed by atoms with E-state index in [1.165, 1.54) is 0 Å². The van der Waals surface area contributed by atoms with Crippen LogP contribution in [-0.4, -0.2) is 23.9 Å². The number of aliphatic hydroxyl groups is 1. The van der Waals surface area contributed by atoms with Crippen molar-refractivity contribution in [3.8, 4) is 0 Å². The second kappa shape index (κ2) is 6.47. The van der Waals surface area contributed by atoms with Gasteiger partial charge in [0.1, 0.15) is 6.10 Å². The van der Waals surface area contributed by atoms with Gasteiger partial charge < -0.3 is 9.84 Å². The van der Waals surface area contributed by atoms with Gasteiger partial charge in [0.05, 0.1) is 12.2 Å². The molecule has 0 aliphatic rings. The van der Waals surface area contributed by atoms with Gasteiger partial charge in [-0.1, -0.05) is 18.7 Å². The Kier molecular flexibility index (Phi) is 5.25. The molecule has 3 nitrogen and oxygen atoms in total. The SMILES string of the molecule is C=C(C(=O)OCC)C(O)c1ccc(SC)cc1. The summed E-state index contributed by atoms with van der Waals surface area (Å²) < 4.78 is 4.79. The summed E-state index contributed by atoms with van der Waals surface area (Å²) >= 11 is 1.62. The summed E-state index contributed by atoms with van der Waals surface area (Å²) in [5.41, 5.74) is 0.699. The van der Waals surface area contributed by atoms with Gasteiger partial charge in [0, 0.05) is 4.90 Å². The third-order valence-corrected chi connectivity index (χ3v) is 3.04. The van der Waals surface area contributed by atoms with E-state index in [-0.39, 0.29) is 12.2 Å². The Balaban J connectivity index is 2.77. The van der Waals surface area contributed by atoms with Crippen molar-refractivity contribution in [1.82, 2.24) is 0 Å². The molecule has 0 saturated heterocycles. The molecule has 1 N–H and O–H groups in total. The second-order valence-electron chi connectivity index (χ2n) is 3.42. The van der Waals surface area contributed by atoms with E-state index in [0.717, 1.165) is 4.90 Å². The number of carbonyl (C=O) groups excluding carboxylic acids is 1. The molecule has 0 saturated carbocycles. The topological polar surface area (TPSA) is 46.5 Å². The fourth-order valence-electron chi connectivity index (χ4n) is 1.32. The highest BCUT2D eigenvalue weighted by atomic mass is 32.2. The van der Waals surface area contributed by atoms with Crippen LogP contribution in [0.25, 0.3) is 0 Å². The zero-order chi connectivity index (χ0) is 12.8. The standard InChI is InChI=1S/C13H16O3S/c1-4-16-13(15)9(2)12(14)10-5-7-11(17-3)8-6-10/h5-8,12,14H,2,4H2,1,3H3. The maximum absolute atomic E-state index is 11.4. The molecule has 0 aromatic heterocycles. The normalized spacial score (nSPS) is 11.9. The molecule has 92 valence electrons. The number of esters is 1. The molecule has 4 heteroatoms. The van der Waals surface area contributed by atoms with E-state index >= 15 is 0 Å². The van der Waals surface area contributed by atoms with Gasteiger partial charge in [0.2, 0.25) is 0 Å². The summed E-state index contributed by atoms with van der Waals surface area (Å²) in [4.78, 5) is 12.5. The van der Waals surface area contributed by atoms with Crippen LogP contribution in [-0.2, 0) is 9.53 Å². The van der Waals surface area contributed by atoms with E-state index in [1.54, 1.807) is 30.8 Å². The Morgan fingerprint density at radius 1 is 1.47 bits per heavy atom. The van der Waals surface area contributed by atoms with Crippen molar-refractivity contribution in [3.05, 3.63) is 42.0 Å². The monoisotopic (exact) mass is 252 g/mol. The van der Waals surface area contributed by atoms with Crippen LogP contribution in [0.3, 0.4) is 0 Å². The zero-order valence-corrected chi connectivity index (χ0v) is 10.8. The molecule has 0 bridgehead atoms. The molecule has 1 aromatic rings. The lowest BCUT2D eigenvalue weighted by Crippen LogP contribution is -2.13. The highest BCUT2D eigenvalue weighted by molar-refractivity contribution is 7.98. The van der Waals surface area contributed by atoms with E-state index in [1.807, 2.05) is 18.4 Å².